The number of phenols is 5. The van der Waals surface area contributed by atoms with Crippen molar-refractivity contribution in [3.05, 3.63) is 146 Å². The van der Waals surface area contributed by atoms with Crippen molar-refractivity contribution in [1.82, 2.24) is 24.1 Å². The maximum Gasteiger partial charge on any atom is 0.238 e. The van der Waals surface area contributed by atoms with Gasteiger partial charge >= 0.3 is 0 Å². The van der Waals surface area contributed by atoms with Crippen molar-refractivity contribution in [1.29, 1.82) is 0 Å². The predicted octanol–water partition coefficient (Wildman–Crippen LogP) is 9.59. The predicted molar refractivity (Wildman–Crippen MR) is 213 cm³/mol. The summed E-state index contributed by atoms with van der Waals surface area (Å²) in [6, 6.07) is 47.3. The summed E-state index contributed by atoms with van der Waals surface area (Å²) < 4.78 is 4.28. The van der Waals surface area contributed by atoms with Gasteiger partial charge in [0.05, 0.1) is 27.6 Å². The van der Waals surface area contributed by atoms with Gasteiger partial charge in [-0.15, -0.1) is 0 Å². The standard InChI is InChI=1S/C45H29N5O5/c51-38-37(39(52)41(54)42(55)40(38)53)29-19-7-8-20-30(29)44-46-43(25-13-3-1-4-14-25)47-45(48-44)50-34-22-12-10-18-28(34)32-23-31-27-17-9-11-21-33(27)49(35(31)24-36(32)50)26-15-5-2-6-16-26/h1-24,51-55H. The van der Waals surface area contributed by atoms with Gasteiger partial charge in [-0.2, -0.15) is 9.97 Å². The summed E-state index contributed by atoms with van der Waals surface area (Å²) in [6.07, 6.45) is 0. The molecule has 264 valence electrons. The molecule has 0 fully saturated rings. The second-order valence-electron chi connectivity index (χ2n) is 13.2. The lowest BCUT2D eigenvalue weighted by Gasteiger charge is -2.16. The molecule has 10 heteroatoms. The number of rotatable bonds is 5. The summed E-state index contributed by atoms with van der Waals surface area (Å²) in [5, 5.41) is 57.3. The summed E-state index contributed by atoms with van der Waals surface area (Å²) in [7, 11) is 0. The minimum absolute atomic E-state index is 0.190. The summed E-state index contributed by atoms with van der Waals surface area (Å²) in [6.45, 7) is 0. The van der Waals surface area contributed by atoms with Crippen molar-refractivity contribution in [3.8, 4) is 74.3 Å². The molecule has 7 aromatic carbocycles. The van der Waals surface area contributed by atoms with E-state index >= 15 is 0 Å². The third-order valence-corrected chi connectivity index (χ3v) is 10.1. The first kappa shape index (κ1) is 31.9. The molecule has 0 unspecified atom stereocenters. The topological polar surface area (TPSA) is 150 Å². The largest absolute Gasteiger partial charge is 0.504 e. The monoisotopic (exact) mass is 719 g/mol. The van der Waals surface area contributed by atoms with E-state index in [9.17, 15) is 25.5 Å². The molecule has 0 aliphatic carbocycles. The van der Waals surface area contributed by atoms with E-state index < -0.39 is 28.7 Å². The van der Waals surface area contributed by atoms with Crippen LogP contribution in [0.4, 0.5) is 0 Å². The number of aromatic nitrogens is 5. The minimum atomic E-state index is -1.04. The highest BCUT2D eigenvalue weighted by molar-refractivity contribution is 6.19. The van der Waals surface area contributed by atoms with Crippen LogP contribution in [-0.2, 0) is 0 Å². The van der Waals surface area contributed by atoms with Crippen molar-refractivity contribution in [2.75, 3.05) is 0 Å². The number of benzene rings is 7. The zero-order chi connectivity index (χ0) is 37.4. The maximum absolute atomic E-state index is 11.0. The second-order valence-corrected chi connectivity index (χ2v) is 13.2. The maximum atomic E-state index is 11.0. The van der Waals surface area contributed by atoms with Crippen LogP contribution in [-0.4, -0.2) is 49.6 Å². The molecule has 10 aromatic rings. The highest BCUT2D eigenvalue weighted by atomic mass is 16.4. The van der Waals surface area contributed by atoms with Crippen LogP contribution < -0.4 is 0 Å². The Bertz CT molecular complexity index is 3130. The first-order valence-corrected chi connectivity index (χ1v) is 17.5. The molecule has 0 saturated carbocycles. The Morgan fingerprint density at radius 1 is 0.364 bits per heavy atom. The number of hydrogen-bond donors (Lipinski definition) is 5. The molecule has 10 rings (SSSR count). The van der Waals surface area contributed by atoms with Gasteiger partial charge in [0.15, 0.2) is 23.1 Å². The average Bonchev–Trinajstić information content (AvgIpc) is 3.74. The Morgan fingerprint density at radius 2 is 0.855 bits per heavy atom. The molecule has 3 heterocycles. The fourth-order valence-electron chi connectivity index (χ4n) is 7.64. The van der Waals surface area contributed by atoms with E-state index in [1.165, 1.54) is 0 Å². The molecular weight excluding hydrogens is 691 g/mol. The van der Waals surface area contributed by atoms with Crippen LogP contribution in [0.1, 0.15) is 0 Å². The molecule has 10 nitrogen and oxygen atoms in total. The number of hydrogen-bond acceptors (Lipinski definition) is 8. The van der Waals surface area contributed by atoms with Gasteiger partial charge in [0.1, 0.15) is 0 Å². The number of aromatic hydroxyl groups is 5. The molecule has 0 spiro atoms. The third kappa shape index (κ3) is 4.78. The Labute approximate surface area is 312 Å². The molecule has 55 heavy (non-hydrogen) atoms. The van der Waals surface area contributed by atoms with Gasteiger partial charge < -0.3 is 30.1 Å². The Hall–Kier alpha value is -7.85. The zero-order valence-electron chi connectivity index (χ0n) is 28.8. The van der Waals surface area contributed by atoms with Gasteiger partial charge in [-0.05, 0) is 36.4 Å². The van der Waals surface area contributed by atoms with Gasteiger partial charge in [-0.25, -0.2) is 4.98 Å². The summed E-state index contributed by atoms with van der Waals surface area (Å²) in [5.74, 6) is -3.78. The number of phenolic OH excluding ortho intramolecular Hbond substituents is 5. The molecule has 3 aromatic heterocycles. The number of fused-ring (bicyclic) bond motifs is 6. The minimum Gasteiger partial charge on any atom is -0.504 e. The van der Waals surface area contributed by atoms with Crippen LogP contribution in [0.25, 0.3) is 89.2 Å². The molecule has 0 bridgehead atoms. The molecule has 0 amide bonds. The van der Waals surface area contributed by atoms with Crippen molar-refractivity contribution in [3.63, 3.8) is 0 Å². The van der Waals surface area contributed by atoms with E-state index in [1.807, 2.05) is 77.4 Å². The van der Waals surface area contributed by atoms with E-state index in [0.29, 0.717) is 17.3 Å². The Balaban J connectivity index is 1.30. The first-order valence-electron chi connectivity index (χ1n) is 17.5. The second kappa shape index (κ2) is 12.1. The lowest BCUT2D eigenvalue weighted by molar-refractivity contribution is 0.330. The van der Waals surface area contributed by atoms with Crippen LogP contribution in [0.3, 0.4) is 0 Å². The zero-order valence-corrected chi connectivity index (χ0v) is 28.8. The van der Waals surface area contributed by atoms with Crippen molar-refractivity contribution in [2.24, 2.45) is 0 Å². The van der Waals surface area contributed by atoms with Gasteiger partial charge in [0.25, 0.3) is 0 Å². The molecular formula is C45H29N5O5. The lowest BCUT2D eigenvalue weighted by Crippen LogP contribution is -2.07. The lowest BCUT2D eigenvalue weighted by atomic mass is 9.96. The fourth-order valence-corrected chi connectivity index (χ4v) is 7.64. The van der Waals surface area contributed by atoms with Gasteiger partial charge in [0, 0.05) is 43.9 Å². The van der Waals surface area contributed by atoms with E-state index in [4.69, 9.17) is 15.0 Å². The Kier molecular flexibility index (Phi) is 7.01. The summed E-state index contributed by atoms with van der Waals surface area (Å²) >= 11 is 0. The molecule has 0 radical (unpaired) electrons. The number of para-hydroxylation sites is 3. The SMILES string of the molecule is Oc1c(O)c(O)c(-c2ccccc2-c2nc(-c3ccccc3)nc(-n3c4ccccc4c4cc5c6ccccc6n(-c6ccccc6)c5cc43)n2)c(O)c1O. The Morgan fingerprint density at radius 3 is 1.51 bits per heavy atom. The first-order chi connectivity index (χ1) is 26.9. The molecule has 0 saturated heterocycles. The van der Waals surface area contributed by atoms with Crippen LogP contribution in [0.15, 0.2) is 146 Å². The van der Waals surface area contributed by atoms with Crippen LogP contribution in [0, 0.1) is 0 Å². The number of nitrogens with zero attached hydrogens (tertiary/aromatic N) is 5. The van der Waals surface area contributed by atoms with E-state index in [-0.39, 0.29) is 17.0 Å². The quantitative estimate of drug-likeness (QED) is 0.0872. The molecule has 0 aliphatic rings. The van der Waals surface area contributed by atoms with Gasteiger partial charge in [0.2, 0.25) is 23.2 Å². The van der Waals surface area contributed by atoms with Crippen molar-refractivity contribution < 1.29 is 25.5 Å². The van der Waals surface area contributed by atoms with Crippen molar-refractivity contribution in [2.45, 2.75) is 0 Å². The average molecular weight is 720 g/mol. The van der Waals surface area contributed by atoms with E-state index in [2.05, 4.69) is 53.1 Å². The molecule has 0 aliphatic heterocycles. The molecule has 0 atom stereocenters. The van der Waals surface area contributed by atoms with Crippen LogP contribution in [0.2, 0.25) is 0 Å². The fraction of sp³-hybridized carbons (Fsp3) is 0. The normalized spacial score (nSPS) is 11.6. The van der Waals surface area contributed by atoms with Crippen LogP contribution >= 0.6 is 0 Å². The highest BCUT2D eigenvalue weighted by Gasteiger charge is 2.27. The van der Waals surface area contributed by atoms with E-state index in [1.54, 1.807) is 24.3 Å². The highest BCUT2D eigenvalue weighted by Crippen LogP contribution is 2.56. The van der Waals surface area contributed by atoms with Crippen LogP contribution in [0.5, 0.6) is 28.7 Å². The van der Waals surface area contributed by atoms with Gasteiger partial charge in [-0.3, -0.25) is 4.57 Å². The van der Waals surface area contributed by atoms with Crippen molar-refractivity contribution >= 4 is 43.6 Å². The third-order valence-electron chi connectivity index (χ3n) is 10.1. The smallest absolute Gasteiger partial charge is 0.238 e. The summed E-state index contributed by atoms with van der Waals surface area (Å²) in [4.78, 5) is 15.1. The summed E-state index contributed by atoms with van der Waals surface area (Å²) in [5.41, 5.74) is 5.80. The van der Waals surface area contributed by atoms with Gasteiger partial charge in [-0.1, -0.05) is 109 Å². The van der Waals surface area contributed by atoms with E-state index in [0.717, 1.165) is 54.9 Å². The molecule has 5 N–H and O–H groups in total.